The van der Waals surface area contributed by atoms with Crippen LogP contribution in [0.3, 0.4) is 0 Å². The van der Waals surface area contributed by atoms with E-state index >= 15 is 0 Å². The first-order valence-corrected chi connectivity index (χ1v) is 8.94. The van der Waals surface area contributed by atoms with E-state index in [1.807, 2.05) is 66.7 Å². The summed E-state index contributed by atoms with van der Waals surface area (Å²) in [6, 6.07) is 33.1. The quantitative estimate of drug-likeness (QED) is 0.487. The molecule has 0 fully saturated rings. The van der Waals surface area contributed by atoms with Crippen LogP contribution >= 0.6 is 0 Å². The van der Waals surface area contributed by atoms with Crippen molar-refractivity contribution in [2.75, 3.05) is 0 Å². The number of benzene rings is 4. The number of aliphatic hydroxyl groups excluding tert-OH is 1. The van der Waals surface area contributed by atoms with E-state index < -0.39 is 6.10 Å². The van der Waals surface area contributed by atoms with Gasteiger partial charge in [-0.25, -0.2) is 0 Å². The van der Waals surface area contributed by atoms with Gasteiger partial charge in [-0.1, -0.05) is 91.0 Å². The number of phenols is 1. The van der Waals surface area contributed by atoms with E-state index in [9.17, 15) is 10.2 Å². The molecule has 0 heterocycles. The predicted octanol–water partition coefficient (Wildman–Crippen LogP) is 5.81. The molecule has 0 saturated carbocycles. The minimum Gasteiger partial charge on any atom is -0.508 e. The first-order chi connectivity index (χ1) is 13.2. The molecule has 4 aromatic carbocycles. The number of rotatable bonds is 4. The van der Waals surface area contributed by atoms with Crippen molar-refractivity contribution in [1.29, 1.82) is 0 Å². The van der Waals surface area contributed by atoms with E-state index in [-0.39, 0.29) is 5.75 Å². The zero-order chi connectivity index (χ0) is 18.6. The summed E-state index contributed by atoms with van der Waals surface area (Å²) in [5.74, 6) is 0.263. The molecule has 0 amide bonds. The summed E-state index contributed by atoms with van der Waals surface area (Å²) < 4.78 is 0. The first-order valence-electron chi connectivity index (χ1n) is 8.94. The highest BCUT2D eigenvalue weighted by Gasteiger charge is 2.15. The Morgan fingerprint density at radius 2 is 1.04 bits per heavy atom. The number of hydrogen-bond acceptors (Lipinski definition) is 2. The average Bonchev–Trinajstić information content (AvgIpc) is 2.74. The topological polar surface area (TPSA) is 40.5 Å². The zero-order valence-corrected chi connectivity index (χ0v) is 14.8. The summed E-state index contributed by atoms with van der Waals surface area (Å²) >= 11 is 0. The highest BCUT2D eigenvalue weighted by atomic mass is 16.3. The molecule has 4 aromatic rings. The Hall–Kier alpha value is -3.36. The average molecular weight is 352 g/mol. The maximum Gasteiger partial charge on any atom is 0.115 e. The molecule has 0 aliphatic carbocycles. The van der Waals surface area contributed by atoms with E-state index in [2.05, 4.69) is 24.3 Å². The van der Waals surface area contributed by atoms with Gasteiger partial charge in [0.1, 0.15) is 11.9 Å². The predicted molar refractivity (Wildman–Crippen MR) is 109 cm³/mol. The lowest BCUT2D eigenvalue weighted by atomic mass is 9.92. The van der Waals surface area contributed by atoms with Gasteiger partial charge >= 0.3 is 0 Å². The largest absolute Gasteiger partial charge is 0.508 e. The molecule has 0 aliphatic heterocycles. The Kier molecular flexibility index (Phi) is 4.73. The normalized spacial score (nSPS) is 11.9. The fourth-order valence-electron chi connectivity index (χ4n) is 3.31. The Balaban J connectivity index is 1.69. The zero-order valence-electron chi connectivity index (χ0n) is 14.8. The van der Waals surface area contributed by atoms with Gasteiger partial charge in [0, 0.05) is 0 Å². The molecule has 0 saturated heterocycles. The van der Waals surface area contributed by atoms with Crippen LogP contribution in [0.1, 0.15) is 17.2 Å². The van der Waals surface area contributed by atoms with Gasteiger partial charge in [-0.2, -0.15) is 0 Å². The van der Waals surface area contributed by atoms with Gasteiger partial charge in [0.05, 0.1) is 0 Å². The summed E-state index contributed by atoms with van der Waals surface area (Å²) in [4.78, 5) is 0. The molecule has 2 N–H and O–H groups in total. The van der Waals surface area contributed by atoms with Crippen LogP contribution in [0.5, 0.6) is 5.75 Å². The van der Waals surface area contributed by atoms with Gasteiger partial charge in [0.2, 0.25) is 0 Å². The van der Waals surface area contributed by atoms with Crippen molar-refractivity contribution in [3.05, 3.63) is 114 Å². The highest BCUT2D eigenvalue weighted by Crippen LogP contribution is 2.33. The van der Waals surface area contributed by atoms with Crippen LogP contribution in [0.2, 0.25) is 0 Å². The number of hydrogen-bond donors (Lipinski definition) is 2. The second-order valence-corrected chi connectivity index (χ2v) is 6.52. The lowest BCUT2D eigenvalue weighted by Crippen LogP contribution is -2.01. The summed E-state index contributed by atoms with van der Waals surface area (Å²) in [5.41, 5.74) is 5.98. The highest BCUT2D eigenvalue weighted by molar-refractivity contribution is 5.73. The van der Waals surface area contributed by atoms with Gasteiger partial charge in [0.15, 0.2) is 0 Å². The molecule has 2 nitrogen and oxygen atoms in total. The molecule has 1 atom stereocenters. The summed E-state index contributed by atoms with van der Waals surface area (Å²) in [6.45, 7) is 0. The fraction of sp³-hybridized carbons (Fsp3) is 0.0400. The van der Waals surface area contributed by atoms with Crippen LogP contribution in [0.25, 0.3) is 22.3 Å². The van der Waals surface area contributed by atoms with E-state index in [0.717, 1.165) is 33.4 Å². The molecule has 0 spiro atoms. The smallest absolute Gasteiger partial charge is 0.115 e. The maximum absolute atomic E-state index is 10.9. The van der Waals surface area contributed by atoms with Crippen LogP contribution in [0.15, 0.2) is 103 Å². The third kappa shape index (κ3) is 3.62. The minimum atomic E-state index is -0.667. The molecule has 0 radical (unpaired) electrons. The van der Waals surface area contributed by atoms with E-state index in [0.29, 0.717) is 0 Å². The van der Waals surface area contributed by atoms with Crippen molar-refractivity contribution in [2.45, 2.75) is 6.10 Å². The molecule has 1 unspecified atom stereocenters. The number of aliphatic hydroxyl groups is 1. The van der Waals surface area contributed by atoms with Gasteiger partial charge in [0.25, 0.3) is 0 Å². The lowest BCUT2D eigenvalue weighted by Gasteiger charge is -2.16. The van der Waals surface area contributed by atoms with Gasteiger partial charge in [-0.15, -0.1) is 0 Å². The Labute approximate surface area is 159 Å². The van der Waals surface area contributed by atoms with Gasteiger partial charge in [-0.3, -0.25) is 0 Å². The summed E-state index contributed by atoms with van der Waals surface area (Å²) in [6.07, 6.45) is -0.667. The monoisotopic (exact) mass is 352 g/mol. The minimum absolute atomic E-state index is 0.263. The lowest BCUT2D eigenvalue weighted by molar-refractivity contribution is 0.221. The third-order valence-electron chi connectivity index (χ3n) is 4.77. The molecule has 4 rings (SSSR count). The van der Waals surface area contributed by atoms with E-state index in [1.54, 1.807) is 12.1 Å². The van der Waals surface area contributed by atoms with Crippen molar-refractivity contribution >= 4 is 0 Å². The van der Waals surface area contributed by atoms with Crippen molar-refractivity contribution < 1.29 is 10.2 Å². The standard InChI is InChI=1S/C25H20O2/c26-22-16-14-19(15-17-22)18-10-12-20(13-11-18)23-8-4-5-9-24(23)25(27)21-6-2-1-3-7-21/h1-17,25-27H. The van der Waals surface area contributed by atoms with Crippen molar-refractivity contribution in [3.8, 4) is 28.0 Å². The van der Waals surface area contributed by atoms with Crippen LogP contribution < -0.4 is 0 Å². The molecule has 0 aromatic heterocycles. The van der Waals surface area contributed by atoms with Crippen molar-refractivity contribution in [1.82, 2.24) is 0 Å². The second-order valence-electron chi connectivity index (χ2n) is 6.52. The summed E-state index contributed by atoms with van der Waals surface area (Å²) in [7, 11) is 0. The van der Waals surface area contributed by atoms with E-state index in [1.165, 1.54) is 0 Å². The Morgan fingerprint density at radius 1 is 0.519 bits per heavy atom. The Morgan fingerprint density at radius 3 is 1.70 bits per heavy atom. The maximum atomic E-state index is 10.9. The molecule has 0 aliphatic rings. The van der Waals surface area contributed by atoms with Crippen LogP contribution in [0, 0.1) is 0 Å². The number of phenolic OH excluding ortho intramolecular Hbond substituents is 1. The van der Waals surface area contributed by atoms with Crippen LogP contribution in [-0.2, 0) is 0 Å². The van der Waals surface area contributed by atoms with Crippen molar-refractivity contribution in [2.24, 2.45) is 0 Å². The molecular formula is C25H20O2. The second kappa shape index (κ2) is 7.48. The SMILES string of the molecule is Oc1ccc(-c2ccc(-c3ccccc3C(O)c3ccccc3)cc2)cc1. The fourth-order valence-corrected chi connectivity index (χ4v) is 3.31. The molecule has 27 heavy (non-hydrogen) atoms. The van der Waals surface area contributed by atoms with Crippen molar-refractivity contribution in [3.63, 3.8) is 0 Å². The summed E-state index contributed by atoms with van der Waals surface area (Å²) in [5, 5.41) is 20.3. The Bertz CT molecular complexity index is 1020. The first kappa shape index (κ1) is 17.1. The molecule has 2 heteroatoms. The van der Waals surface area contributed by atoms with Gasteiger partial charge < -0.3 is 10.2 Å². The van der Waals surface area contributed by atoms with Crippen LogP contribution in [0.4, 0.5) is 0 Å². The molecule has 0 bridgehead atoms. The molecular weight excluding hydrogens is 332 g/mol. The van der Waals surface area contributed by atoms with E-state index in [4.69, 9.17) is 0 Å². The van der Waals surface area contributed by atoms with Crippen LogP contribution in [-0.4, -0.2) is 10.2 Å². The third-order valence-corrected chi connectivity index (χ3v) is 4.77. The molecule has 132 valence electrons. The van der Waals surface area contributed by atoms with Gasteiger partial charge in [-0.05, 0) is 45.5 Å². The number of aromatic hydroxyl groups is 1.